The lowest BCUT2D eigenvalue weighted by molar-refractivity contribution is -0.147. The Kier molecular flexibility index (Phi) is 10.3. The Morgan fingerprint density at radius 3 is 2.58 bits per heavy atom. The summed E-state index contributed by atoms with van der Waals surface area (Å²) in [5, 5.41) is 19.0. The highest BCUT2D eigenvalue weighted by Crippen LogP contribution is 2.40. The minimum absolute atomic E-state index is 0.107. The van der Waals surface area contributed by atoms with E-state index in [4.69, 9.17) is 0 Å². The van der Waals surface area contributed by atoms with Crippen molar-refractivity contribution in [3.63, 3.8) is 0 Å². The Bertz CT molecular complexity index is 1300. The summed E-state index contributed by atoms with van der Waals surface area (Å²) in [7, 11) is 0. The molecular formula is C29H34N4O4S3. The average molecular weight is 599 g/mol. The monoisotopic (exact) mass is 598 g/mol. The number of aliphatic hydroxyl groups is 1. The van der Waals surface area contributed by atoms with Crippen molar-refractivity contribution >= 4 is 52.6 Å². The van der Waals surface area contributed by atoms with Gasteiger partial charge >= 0.3 is 0 Å². The van der Waals surface area contributed by atoms with Crippen molar-refractivity contribution in [1.82, 2.24) is 20.5 Å². The molecule has 0 unspecified atom stereocenters. The minimum atomic E-state index is -1.53. The highest BCUT2D eigenvalue weighted by Gasteiger charge is 2.49. The first-order chi connectivity index (χ1) is 19.2. The molecule has 2 aromatic carbocycles. The zero-order valence-corrected chi connectivity index (χ0v) is 25.2. The molecule has 1 aliphatic rings. The van der Waals surface area contributed by atoms with Crippen molar-refractivity contribution in [3.8, 4) is 0 Å². The van der Waals surface area contributed by atoms with Gasteiger partial charge in [0.2, 0.25) is 11.8 Å². The van der Waals surface area contributed by atoms with Crippen LogP contribution in [0, 0.1) is 6.92 Å². The predicted molar refractivity (Wildman–Crippen MR) is 161 cm³/mol. The van der Waals surface area contributed by atoms with Crippen LogP contribution in [0.5, 0.6) is 0 Å². The predicted octanol–water partition coefficient (Wildman–Crippen LogP) is 3.63. The molecule has 1 aliphatic heterocycles. The van der Waals surface area contributed by atoms with E-state index in [1.54, 1.807) is 6.20 Å². The summed E-state index contributed by atoms with van der Waals surface area (Å²) < 4.78 is 0.204. The van der Waals surface area contributed by atoms with E-state index in [9.17, 15) is 19.5 Å². The third-order valence-electron chi connectivity index (χ3n) is 6.81. The number of aliphatic hydroxyl groups excluding tert-OH is 1. The van der Waals surface area contributed by atoms with Crippen molar-refractivity contribution in [2.24, 2.45) is 0 Å². The second kappa shape index (κ2) is 13.7. The van der Waals surface area contributed by atoms with Gasteiger partial charge in [0.05, 0.1) is 17.7 Å². The first-order valence-corrected chi connectivity index (χ1v) is 15.8. The number of carbonyl (C=O) groups is 3. The number of carbonyl (C=O) groups excluding carboxylic acids is 3. The molecule has 0 saturated carbocycles. The Balaban J connectivity index is 1.48. The molecule has 3 atom stereocenters. The van der Waals surface area contributed by atoms with Crippen molar-refractivity contribution in [1.29, 1.82) is 0 Å². The van der Waals surface area contributed by atoms with Crippen LogP contribution in [0.15, 0.2) is 70.5 Å². The highest BCUT2D eigenvalue weighted by atomic mass is 32.2. The molecule has 2 heterocycles. The zero-order chi connectivity index (χ0) is 28.7. The summed E-state index contributed by atoms with van der Waals surface area (Å²) >= 11 is 4.23. The molecule has 3 aromatic rings. The topological polar surface area (TPSA) is 112 Å². The molecule has 40 heavy (non-hydrogen) atoms. The molecule has 1 fully saturated rings. The smallest absolute Gasteiger partial charge is 0.254 e. The lowest BCUT2D eigenvalue weighted by Gasteiger charge is -2.33. The Morgan fingerprint density at radius 2 is 1.88 bits per heavy atom. The molecular weight excluding hydrogens is 565 g/mol. The van der Waals surface area contributed by atoms with Crippen molar-refractivity contribution < 1.29 is 19.5 Å². The first-order valence-electron chi connectivity index (χ1n) is 13.0. The van der Waals surface area contributed by atoms with Gasteiger partial charge in [0.25, 0.3) is 5.91 Å². The quantitative estimate of drug-likeness (QED) is 0.289. The Morgan fingerprint density at radius 1 is 1.15 bits per heavy atom. The van der Waals surface area contributed by atoms with Crippen LogP contribution < -0.4 is 10.6 Å². The number of thioether (sulfide) groups is 2. The van der Waals surface area contributed by atoms with Gasteiger partial charge in [-0.1, -0.05) is 66.4 Å². The normalized spacial score (nSPS) is 17.7. The molecule has 0 spiro atoms. The fourth-order valence-corrected chi connectivity index (χ4v) is 7.20. The van der Waals surface area contributed by atoms with Crippen LogP contribution in [-0.4, -0.2) is 67.3 Å². The largest absolute Gasteiger partial charge is 0.381 e. The highest BCUT2D eigenvalue weighted by molar-refractivity contribution is 8.01. The fourth-order valence-electron chi connectivity index (χ4n) is 4.61. The van der Waals surface area contributed by atoms with E-state index in [2.05, 4.69) is 15.6 Å². The number of nitrogens with zero attached hydrogens (tertiary/aromatic N) is 2. The molecule has 11 heteroatoms. The van der Waals surface area contributed by atoms with E-state index >= 15 is 0 Å². The average Bonchev–Trinajstić information content (AvgIpc) is 3.58. The van der Waals surface area contributed by atoms with E-state index in [0.717, 1.165) is 21.0 Å². The van der Waals surface area contributed by atoms with E-state index in [-0.39, 0.29) is 29.9 Å². The number of benzene rings is 2. The van der Waals surface area contributed by atoms with E-state index in [1.165, 1.54) is 39.8 Å². The SMILES string of the molecule is Cc1ccccc1CNC(=O)[C@H]1N(C(=O)[C@@H](O)[C@H](Cc2ccccc2)NC(=O)CSc2nccs2)CSC1(C)C. The summed E-state index contributed by atoms with van der Waals surface area (Å²) in [5.74, 6) is -0.796. The van der Waals surface area contributed by atoms with Crippen molar-refractivity contribution in [2.75, 3.05) is 11.6 Å². The van der Waals surface area contributed by atoms with Gasteiger partial charge in [0.15, 0.2) is 6.10 Å². The number of nitrogens with one attached hydrogen (secondary N) is 2. The van der Waals surface area contributed by atoms with Crippen LogP contribution in [0.4, 0.5) is 0 Å². The molecule has 212 valence electrons. The Labute approximate surface area is 247 Å². The number of amides is 3. The lowest BCUT2D eigenvalue weighted by atomic mass is 9.97. The van der Waals surface area contributed by atoms with Crippen LogP contribution in [0.25, 0.3) is 0 Å². The molecule has 0 radical (unpaired) electrons. The van der Waals surface area contributed by atoms with Crippen LogP contribution in [0.2, 0.25) is 0 Å². The van der Waals surface area contributed by atoms with Gasteiger partial charge in [-0.15, -0.1) is 23.1 Å². The van der Waals surface area contributed by atoms with Crippen LogP contribution in [0.1, 0.15) is 30.5 Å². The third kappa shape index (κ3) is 7.66. The van der Waals surface area contributed by atoms with Gasteiger partial charge in [-0.05, 0) is 43.9 Å². The first kappa shape index (κ1) is 30.1. The van der Waals surface area contributed by atoms with Gasteiger partial charge in [-0.25, -0.2) is 4.98 Å². The summed E-state index contributed by atoms with van der Waals surface area (Å²) in [5.41, 5.74) is 2.94. The maximum atomic E-state index is 13.8. The summed E-state index contributed by atoms with van der Waals surface area (Å²) in [4.78, 5) is 45.7. The second-order valence-corrected chi connectivity index (χ2v) is 13.8. The number of hydrogen-bond acceptors (Lipinski definition) is 8. The number of hydrogen-bond donors (Lipinski definition) is 3. The molecule has 3 amide bonds. The summed E-state index contributed by atoms with van der Waals surface area (Å²) in [6, 6.07) is 15.6. The van der Waals surface area contributed by atoms with Crippen molar-refractivity contribution in [2.45, 2.75) is 61.0 Å². The fraction of sp³-hybridized carbons (Fsp3) is 0.379. The van der Waals surface area contributed by atoms with Gasteiger partial charge in [-0.2, -0.15) is 0 Å². The van der Waals surface area contributed by atoms with Crippen LogP contribution in [-0.2, 0) is 27.3 Å². The summed E-state index contributed by atoms with van der Waals surface area (Å²) in [6.07, 6.45) is 0.403. The molecule has 0 aliphatic carbocycles. The van der Waals surface area contributed by atoms with Crippen molar-refractivity contribution in [3.05, 3.63) is 82.9 Å². The molecule has 1 saturated heterocycles. The number of aryl methyl sites for hydroxylation is 1. The van der Waals surface area contributed by atoms with Crippen LogP contribution in [0.3, 0.4) is 0 Å². The maximum Gasteiger partial charge on any atom is 0.254 e. The molecule has 8 nitrogen and oxygen atoms in total. The van der Waals surface area contributed by atoms with Crippen LogP contribution >= 0.6 is 34.9 Å². The van der Waals surface area contributed by atoms with Gasteiger partial charge < -0.3 is 20.6 Å². The molecule has 4 rings (SSSR count). The van der Waals surface area contributed by atoms with Gasteiger partial charge in [0.1, 0.15) is 10.4 Å². The lowest BCUT2D eigenvalue weighted by Crippen LogP contribution is -2.58. The maximum absolute atomic E-state index is 13.8. The minimum Gasteiger partial charge on any atom is -0.381 e. The summed E-state index contributed by atoms with van der Waals surface area (Å²) in [6.45, 7) is 6.18. The second-order valence-electron chi connectivity index (χ2n) is 10.1. The van der Waals surface area contributed by atoms with E-state index in [0.29, 0.717) is 6.54 Å². The third-order valence-corrected chi connectivity index (χ3v) is 10.1. The number of aromatic nitrogens is 1. The van der Waals surface area contributed by atoms with E-state index < -0.39 is 28.8 Å². The number of thiazole rings is 1. The van der Waals surface area contributed by atoms with Gasteiger partial charge in [-0.3, -0.25) is 14.4 Å². The van der Waals surface area contributed by atoms with Gasteiger partial charge in [0, 0.05) is 22.9 Å². The number of rotatable bonds is 11. The molecule has 3 N–H and O–H groups in total. The zero-order valence-electron chi connectivity index (χ0n) is 22.7. The Hall–Kier alpha value is -2.86. The van der Waals surface area contributed by atoms with E-state index in [1.807, 2.05) is 80.7 Å². The molecule has 0 bridgehead atoms. The molecule has 1 aromatic heterocycles. The standard InChI is InChI=1S/C29H34N4O4S3/c1-19-9-7-8-12-21(19)16-31-26(36)25-29(2,3)40-18-33(25)27(37)24(35)22(15-20-10-5-4-6-11-20)32-23(34)17-39-28-30-13-14-38-28/h4-14,22,24-25,35H,15-18H2,1-3H3,(H,31,36)(H,32,34)/t22-,24-,25+/m0/s1.